The average Bonchev–Trinajstić information content (AvgIpc) is 2.34. The summed E-state index contributed by atoms with van der Waals surface area (Å²) in [5, 5.41) is 17.4. The zero-order chi connectivity index (χ0) is 12.7. The van der Waals surface area contributed by atoms with E-state index in [1.54, 1.807) is 30.3 Å². The maximum atomic E-state index is 10.7. The number of ether oxygens (including phenoxy) is 1. The van der Waals surface area contributed by atoms with Gasteiger partial charge in [0.1, 0.15) is 24.0 Å². The second-order valence-corrected chi connectivity index (χ2v) is 3.01. The van der Waals surface area contributed by atoms with Gasteiger partial charge in [0.15, 0.2) is 0 Å². The van der Waals surface area contributed by atoms with Crippen molar-refractivity contribution in [1.29, 1.82) is 5.26 Å². The molecule has 4 nitrogen and oxygen atoms in total. The lowest BCUT2D eigenvalue weighted by Gasteiger charge is -2.05. The molecule has 0 aliphatic carbocycles. The van der Waals surface area contributed by atoms with Crippen LogP contribution in [-0.2, 0) is 4.79 Å². The molecule has 0 unspecified atom stereocenters. The Morgan fingerprint density at radius 3 is 2.82 bits per heavy atom. The molecule has 1 rings (SSSR count). The Kier molecular flexibility index (Phi) is 4.35. The molecule has 1 aromatic carbocycles. The van der Waals surface area contributed by atoms with Crippen molar-refractivity contribution in [2.45, 2.75) is 0 Å². The number of hydrogen-bond donors (Lipinski definition) is 1. The van der Waals surface area contributed by atoms with Gasteiger partial charge in [-0.25, -0.2) is 4.79 Å². The first kappa shape index (κ1) is 12.4. The number of para-hydroxylation sites is 1. The number of rotatable bonds is 4. The Hall–Kier alpha value is -2.72. The highest BCUT2D eigenvalue weighted by molar-refractivity contribution is 5.96. The molecule has 0 fully saturated rings. The summed E-state index contributed by atoms with van der Waals surface area (Å²) in [6.45, 7) is 0.0831. The topological polar surface area (TPSA) is 70.3 Å². The monoisotopic (exact) mass is 227 g/mol. The Bertz CT molecular complexity index is 532. The van der Waals surface area contributed by atoms with E-state index in [0.29, 0.717) is 11.3 Å². The molecule has 0 aromatic heterocycles. The Labute approximate surface area is 98.8 Å². The van der Waals surface area contributed by atoms with Crippen molar-refractivity contribution in [3.05, 3.63) is 35.4 Å². The molecule has 1 N–H and O–H groups in total. The van der Waals surface area contributed by atoms with Gasteiger partial charge in [0.2, 0.25) is 0 Å². The van der Waals surface area contributed by atoms with Gasteiger partial charge in [-0.1, -0.05) is 24.1 Å². The van der Waals surface area contributed by atoms with E-state index in [1.807, 2.05) is 0 Å². The van der Waals surface area contributed by atoms with Crippen LogP contribution in [-0.4, -0.2) is 17.7 Å². The summed E-state index contributed by atoms with van der Waals surface area (Å²) in [6, 6.07) is 8.34. The van der Waals surface area contributed by atoms with E-state index in [1.165, 1.54) is 6.08 Å². The van der Waals surface area contributed by atoms with Gasteiger partial charge >= 0.3 is 5.97 Å². The highest BCUT2D eigenvalue weighted by Crippen LogP contribution is 2.20. The fraction of sp³-hybridized carbons (Fsp3) is 0.0769. The highest BCUT2D eigenvalue weighted by atomic mass is 16.5. The lowest BCUT2D eigenvalue weighted by molar-refractivity contribution is -0.132. The molecule has 0 amide bonds. The fourth-order valence-corrected chi connectivity index (χ4v) is 1.15. The summed E-state index contributed by atoms with van der Waals surface area (Å²) in [5.74, 6) is 1.47. The van der Waals surface area contributed by atoms with Gasteiger partial charge in [-0.3, -0.25) is 0 Å². The molecule has 0 aliphatic rings. The number of carbonyl (C=O) groups is 1. The maximum Gasteiger partial charge on any atom is 0.346 e. The first-order valence-corrected chi connectivity index (χ1v) is 4.69. The van der Waals surface area contributed by atoms with E-state index in [2.05, 4.69) is 5.92 Å². The highest BCUT2D eigenvalue weighted by Gasteiger charge is 2.08. The summed E-state index contributed by atoms with van der Waals surface area (Å²) in [7, 11) is 0. The normalized spacial score (nSPS) is 10.1. The maximum absolute atomic E-state index is 10.7. The first-order valence-electron chi connectivity index (χ1n) is 4.69. The van der Waals surface area contributed by atoms with Gasteiger partial charge in [0, 0.05) is 5.56 Å². The third-order valence-corrected chi connectivity index (χ3v) is 1.88. The zero-order valence-electron chi connectivity index (χ0n) is 8.88. The second kappa shape index (κ2) is 5.99. The molecule has 0 radical (unpaired) electrons. The van der Waals surface area contributed by atoms with Crippen molar-refractivity contribution in [3.63, 3.8) is 0 Å². The van der Waals surface area contributed by atoms with Crippen LogP contribution in [0, 0.1) is 23.7 Å². The minimum atomic E-state index is -1.28. The van der Waals surface area contributed by atoms with E-state index in [4.69, 9.17) is 21.5 Å². The van der Waals surface area contributed by atoms with Gasteiger partial charge in [-0.2, -0.15) is 5.26 Å². The molecule has 1 aromatic rings. The molecule has 84 valence electrons. The van der Waals surface area contributed by atoms with E-state index in [9.17, 15) is 4.79 Å². The van der Waals surface area contributed by atoms with Crippen molar-refractivity contribution in [2.75, 3.05) is 6.61 Å². The minimum Gasteiger partial charge on any atom is -0.480 e. The van der Waals surface area contributed by atoms with Crippen LogP contribution in [0.15, 0.2) is 29.8 Å². The van der Waals surface area contributed by atoms with Crippen molar-refractivity contribution < 1.29 is 14.6 Å². The van der Waals surface area contributed by atoms with E-state index >= 15 is 0 Å². The van der Waals surface area contributed by atoms with E-state index in [0.717, 1.165) is 0 Å². The molecule has 0 bridgehead atoms. The number of nitriles is 1. The van der Waals surface area contributed by atoms with Crippen LogP contribution in [0.2, 0.25) is 0 Å². The largest absolute Gasteiger partial charge is 0.480 e. The molecular formula is C13H9NO3. The van der Waals surface area contributed by atoms with Gasteiger partial charge in [0.05, 0.1) is 0 Å². The predicted molar refractivity (Wildman–Crippen MR) is 62.0 cm³/mol. The molecule has 0 atom stereocenters. The first-order chi connectivity index (χ1) is 8.19. The SMILES string of the molecule is C#CCOc1ccccc1/C=C(\C#N)C(=O)O. The molecule has 0 spiro atoms. The Morgan fingerprint density at radius 2 is 2.24 bits per heavy atom. The number of benzene rings is 1. The Morgan fingerprint density at radius 1 is 1.53 bits per heavy atom. The van der Waals surface area contributed by atoms with E-state index in [-0.39, 0.29) is 12.2 Å². The number of hydrogen-bond acceptors (Lipinski definition) is 3. The third-order valence-electron chi connectivity index (χ3n) is 1.88. The molecule has 17 heavy (non-hydrogen) atoms. The predicted octanol–water partition coefficient (Wildman–Crippen LogP) is 1.69. The number of carboxylic acids is 1. The standard InChI is InChI=1S/C13H9NO3/c1-2-7-17-12-6-4-3-5-10(12)8-11(9-14)13(15)16/h1,3-6,8H,7H2,(H,15,16)/b11-8+. The van der Waals surface area contributed by atoms with Gasteiger partial charge < -0.3 is 9.84 Å². The molecule has 0 saturated heterocycles. The number of nitrogens with zero attached hydrogens (tertiary/aromatic N) is 1. The number of carboxylic acid groups (broad SMARTS) is 1. The van der Waals surface area contributed by atoms with Crippen LogP contribution < -0.4 is 4.74 Å². The summed E-state index contributed by atoms with van der Waals surface area (Å²) in [6.07, 6.45) is 6.31. The molecular weight excluding hydrogens is 218 g/mol. The van der Waals surface area contributed by atoms with Crippen LogP contribution in [0.1, 0.15) is 5.56 Å². The van der Waals surface area contributed by atoms with Gasteiger partial charge in [-0.05, 0) is 12.1 Å². The molecule has 0 aliphatic heterocycles. The van der Waals surface area contributed by atoms with Gasteiger partial charge in [-0.15, -0.1) is 6.42 Å². The minimum absolute atomic E-state index is 0.0831. The van der Waals surface area contributed by atoms with Crippen molar-refractivity contribution in [2.24, 2.45) is 0 Å². The summed E-state index contributed by atoms with van der Waals surface area (Å²) in [5.41, 5.74) is 0.142. The number of terminal acetylenes is 1. The van der Waals surface area contributed by atoms with Crippen LogP contribution >= 0.6 is 0 Å². The number of aliphatic carboxylic acids is 1. The van der Waals surface area contributed by atoms with Crippen molar-refractivity contribution in [1.82, 2.24) is 0 Å². The van der Waals surface area contributed by atoms with Crippen molar-refractivity contribution >= 4 is 12.0 Å². The lowest BCUT2D eigenvalue weighted by Crippen LogP contribution is -1.99. The Balaban J connectivity index is 3.10. The lowest BCUT2D eigenvalue weighted by atomic mass is 10.1. The average molecular weight is 227 g/mol. The summed E-state index contributed by atoms with van der Waals surface area (Å²) in [4.78, 5) is 10.7. The van der Waals surface area contributed by atoms with Crippen molar-refractivity contribution in [3.8, 4) is 24.2 Å². The zero-order valence-corrected chi connectivity index (χ0v) is 8.88. The van der Waals surface area contributed by atoms with Crippen LogP contribution in [0.25, 0.3) is 6.08 Å². The molecule has 0 saturated carbocycles. The summed E-state index contributed by atoms with van der Waals surface area (Å²) >= 11 is 0. The van der Waals surface area contributed by atoms with E-state index < -0.39 is 5.97 Å². The fourth-order valence-electron chi connectivity index (χ4n) is 1.15. The quantitative estimate of drug-likeness (QED) is 0.482. The second-order valence-electron chi connectivity index (χ2n) is 3.01. The molecule has 0 heterocycles. The van der Waals surface area contributed by atoms with Gasteiger partial charge in [0.25, 0.3) is 0 Å². The van der Waals surface area contributed by atoms with Crippen LogP contribution in [0.3, 0.4) is 0 Å². The third kappa shape index (κ3) is 3.40. The summed E-state index contributed by atoms with van der Waals surface area (Å²) < 4.78 is 5.23. The smallest absolute Gasteiger partial charge is 0.346 e. The van der Waals surface area contributed by atoms with Crippen LogP contribution in [0.5, 0.6) is 5.75 Å². The molecule has 4 heteroatoms. The van der Waals surface area contributed by atoms with Crippen LogP contribution in [0.4, 0.5) is 0 Å².